The van der Waals surface area contributed by atoms with Crippen LogP contribution in [0, 0.1) is 65.2 Å². The smallest absolute Gasteiger partial charge is 0.201 e. The van der Waals surface area contributed by atoms with Crippen LogP contribution < -0.4 is 14.2 Å². The molecule has 0 aromatic heterocycles. The van der Waals surface area contributed by atoms with Crippen molar-refractivity contribution in [2.45, 2.75) is 85.0 Å². The van der Waals surface area contributed by atoms with Crippen molar-refractivity contribution >= 4 is 21.5 Å². The quantitative estimate of drug-likeness (QED) is 0.0566. The van der Waals surface area contributed by atoms with Crippen molar-refractivity contribution in [1.82, 2.24) is 0 Å². The molecule has 0 aliphatic heterocycles. The van der Waals surface area contributed by atoms with Crippen LogP contribution in [0.4, 0.5) is 39.5 Å². The van der Waals surface area contributed by atoms with Crippen molar-refractivity contribution in [2.75, 3.05) is 19.8 Å². The Morgan fingerprint density at radius 2 is 0.951 bits per heavy atom. The van der Waals surface area contributed by atoms with Gasteiger partial charge in [-0.2, -0.15) is 8.78 Å². The summed E-state index contributed by atoms with van der Waals surface area (Å²) >= 11 is 0. The maximum atomic E-state index is 15.1. The highest BCUT2D eigenvalue weighted by molar-refractivity contribution is 5.91. The molecule has 324 valence electrons. The Bertz CT molecular complexity index is 2500. The van der Waals surface area contributed by atoms with Crippen LogP contribution in [0.5, 0.6) is 17.2 Å². The SMILES string of the molecule is CCOc1ccc2cc(-c3ccc(OCCCCCCC(C)CCCCCCOc4ccc(-c5cc6ccc(C)c(F)c6c(F)c5F)c(F)c4F)c(F)c3F)cc(F)c2c1F. The van der Waals surface area contributed by atoms with Crippen LogP contribution in [0.3, 0.4) is 0 Å². The van der Waals surface area contributed by atoms with E-state index in [1.54, 1.807) is 6.92 Å². The molecule has 0 radical (unpaired) electrons. The number of fused-ring (bicyclic) bond motifs is 2. The van der Waals surface area contributed by atoms with E-state index in [4.69, 9.17) is 14.2 Å². The highest BCUT2D eigenvalue weighted by Gasteiger charge is 2.24. The first-order chi connectivity index (χ1) is 29.3. The maximum absolute atomic E-state index is 15.1. The van der Waals surface area contributed by atoms with E-state index in [1.165, 1.54) is 55.5 Å². The molecule has 0 fully saturated rings. The summed E-state index contributed by atoms with van der Waals surface area (Å²) in [6.07, 6.45) is 8.87. The summed E-state index contributed by atoms with van der Waals surface area (Å²) in [6, 6.07) is 14.0. The van der Waals surface area contributed by atoms with E-state index < -0.39 is 68.9 Å². The summed E-state index contributed by atoms with van der Waals surface area (Å²) in [4.78, 5) is 0. The third-order valence-corrected chi connectivity index (χ3v) is 11.0. The molecule has 0 bridgehead atoms. The number of hydrogen-bond donors (Lipinski definition) is 0. The Balaban J connectivity index is 0.854. The molecule has 6 rings (SSSR count). The third kappa shape index (κ3) is 10.2. The van der Waals surface area contributed by atoms with Crippen molar-refractivity contribution in [2.24, 2.45) is 5.92 Å². The van der Waals surface area contributed by atoms with Gasteiger partial charge in [-0.05, 0) is 103 Å². The van der Waals surface area contributed by atoms with Gasteiger partial charge in [0.05, 0.1) is 30.6 Å². The molecule has 61 heavy (non-hydrogen) atoms. The maximum Gasteiger partial charge on any atom is 0.201 e. The number of halogens is 9. The van der Waals surface area contributed by atoms with E-state index in [0.29, 0.717) is 18.8 Å². The standard InChI is InChI=1S/C49H47F9O3/c1-4-59-37-20-17-30-25-32(27-36(50)40(30)46(37)55)33-18-21-38(47(56)43(33)52)60-23-11-7-5-9-13-28(2)14-10-6-8-12-24-61-39-22-19-34(44(53)48(39)57)35-26-31-16-15-29(3)42(51)41(31)49(58)45(35)54/h15-22,25-28H,4-14,23-24H2,1-3H3. The van der Waals surface area contributed by atoms with Crippen molar-refractivity contribution in [3.05, 3.63) is 125 Å². The first kappa shape index (κ1) is 45.1. The summed E-state index contributed by atoms with van der Waals surface area (Å²) in [5.74, 6) is -10.9. The summed E-state index contributed by atoms with van der Waals surface area (Å²) in [5, 5.41) is -0.637. The Hall–Kier alpha value is -5.39. The molecule has 0 aliphatic carbocycles. The van der Waals surface area contributed by atoms with Gasteiger partial charge in [0.15, 0.2) is 46.3 Å². The van der Waals surface area contributed by atoms with Crippen LogP contribution >= 0.6 is 0 Å². The molecule has 0 heterocycles. The lowest BCUT2D eigenvalue weighted by Gasteiger charge is -2.13. The van der Waals surface area contributed by atoms with E-state index in [2.05, 4.69) is 6.92 Å². The lowest BCUT2D eigenvalue weighted by atomic mass is 9.96. The van der Waals surface area contributed by atoms with Crippen molar-refractivity contribution in [1.29, 1.82) is 0 Å². The van der Waals surface area contributed by atoms with Crippen LogP contribution in [0.25, 0.3) is 43.8 Å². The number of rotatable bonds is 20. The van der Waals surface area contributed by atoms with Gasteiger partial charge in [0, 0.05) is 16.7 Å². The molecule has 3 nitrogen and oxygen atoms in total. The zero-order chi connectivity index (χ0) is 43.8. The van der Waals surface area contributed by atoms with Crippen molar-refractivity contribution < 1.29 is 53.7 Å². The van der Waals surface area contributed by atoms with Crippen LogP contribution in [-0.2, 0) is 0 Å². The fraction of sp³-hybridized carbons (Fsp3) is 0.347. The van der Waals surface area contributed by atoms with Gasteiger partial charge in [0.25, 0.3) is 0 Å². The van der Waals surface area contributed by atoms with E-state index in [0.717, 1.165) is 69.6 Å². The van der Waals surface area contributed by atoms with Gasteiger partial charge in [-0.15, -0.1) is 0 Å². The van der Waals surface area contributed by atoms with Crippen molar-refractivity contribution in [3.63, 3.8) is 0 Å². The van der Waals surface area contributed by atoms with Gasteiger partial charge in [-0.3, -0.25) is 0 Å². The van der Waals surface area contributed by atoms with Crippen molar-refractivity contribution in [3.8, 4) is 39.5 Å². The second-order valence-corrected chi connectivity index (χ2v) is 15.4. The van der Waals surface area contributed by atoms with Crippen LogP contribution in [-0.4, -0.2) is 19.8 Å². The van der Waals surface area contributed by atoms with Gasteiger partial charge >= 0.3 is 0 Å². The Kier molecular flexibility index (Phi) is 15.1. The largest absolute Gasteiger partial charge is 0.491 e. The molecule has 0 saturated carbocycles. The second kappa shape index (κ2) is 20.4. The van der Waals surface area contributed by atoms with Gasteiger partial charge in [0.2, 0.25) is 11.6 Å². The van der Waals surface area contributed by atoms with E-state index in [-0.39, 0.29) is 69.9 Å². The summed E-state index contributed by atoms with van der Waals surface area (Å²) < 4.78 is 150. The number of unbranched alkanes of at least 4 members (excludes halogenated alkanes) is 6. The number of hydrogen-bond acceptors (Lipinski definition) is 3. The topological polar surface area (TPSA) is 27.7 Å². The minimum Gasteiger partial charge on any atom is -0.491 e. The van der Waals surface area contributed by atoms with Gasteiger partial charge in [0.1, 0.15) is 11.6 Å². The van der Waals surface area contributed by atoms with Crippen LogP contribution in [0.1, 0.15) is 83.6 Å². The zero-order valence-corrected chi connectivity index (χ0v) is 34.2. The summed E-state index contributed by atoms with van der Waals surface area (Å²) in [7, 11) is 0. The summed E-state index contributed by atoms with van der Waals surface area (Å²) in [5.41, 5.74) is -1.01. The third-order valence-electron chi connectivity index (χ3n) is 11.0. The molecule has 1 unspecified atom stereocenters. The zero-order valence-electron chi connectivity index (χ0n) is 34.2. The molecule has 0 aliphatic rings. The lowest BCUT2D eigenvalue weighted by Crippen LogP contribution is -2.03. The average molecular weight is 855 g/mol. The van der Waals surface area contributed by atoms with E-state index in [1.807, 2.05) is 0 Å². The molecule has 0 amide bonds. The normalized spacial score (nSPS) is 12.1. The van der Waals surface area contributed by atoms with E-state index >= 15 is 8.78 Å². The summed E-state index contributed by atoms with van der Waals surface area (Å²) in [6.45, 7) is 5.82. The molecular weight excluding hydrogens is 808 g/mol. The van der Waals surface area contributed by atoms with Crippen LogP contribution in [0.2, 0.25) is 0 Å². The fourth-order valence-corrected chi connectivity index (χ4v) is 7.58. The minimum absolute atomic E-state index is 0.0185. The molecule has 12 heteroatoms. The predicted molar refractivity (Wildman–Crippen MR) is 221 cm³/mol. The predicted octanol–water partition coefficient (Wildman–Crippen LogP) is 15.3. The molecule has 1 atom stereocenters. The number of aryl methyl sites for hydroxylation is 1. The highest BCUT2D eigenvalue weighted by Crippen LogP contribution is 2.38. The number of benzene rings is 6. The Labute approximate surface area is 349 Å². The molecule has 0 saturated heterocycles. The Morgan fingerprint density at radius 3 is 1.57 bits per heavy atom. The van der Waals surface area contributed by atoms with Gasteiger partial charge in [-0.1, -0.05) is 76.5 Å². The Morgan fingerprint density at radius 1 is 0.443 bits per heavy atom. The lowest BCUT2D eigenvalue weighted by molar-refractivity contribution is 0.283. The van der Waals surface area contributed by atoms with E-state index in [9.17, 15) is 30.7 Å². The molecular formula is C49H47F9O3. The highest BCUT2D eigenvalue weighted by atomic mass is 19.2. The first-order valence-corrected chi connectivity index (χ1v) is 20.7. The van der Waals surface area contributed by atoms with Gasteiger partial charge in [-0.25, -0.2) is 30.7 Å². The fourth-order valence-electron chi connectivity index (χ4n) is 7.58. The average Bonchev–Trinajstić information content (AvgIpc) is 3.23. The minimum atomic E-state index is -1.47. The first-order valence-electron chi connectivity index (χ1n) is 20.7. The van der Waals surface area contributed by atoms with Crippen LogP contribution in [0.15, 0.2) is 66.7 Å². The van der Waals surface area contributed by atoms with Gasteiger partial charge < -0.3 is 14.2 Å². The molecule has 6 aromatic carbocycles. The number of ether oxygens (including phenoxy) is 3. The molecule has 0 spiro atoms. The second-order valence-electron chi connectivity index (χ2n) is 15.4. The molecule has 0 N–H and O–H groups in total. The molecule has 6 aromatic rings. The monoisotopic (exact) mass is 854 g/mol.